The number of nitrogens with two attached hydrogens (primary N) is 2. The fraction of sp³-hybridized carbons (Fsp3) is 0.471. The molecule has 0 saturated carbocycles. The van der Waals surface area contributed by atoms with E-state index >= 15 is 0 Å². The molecule has 0 unspecified atom stereocenters. The third kappa shape index (κ3) is 19.0. The molecule has 4 atom stereocenters. The SMILES string of the molecule is CC(C)C[C@H](CN)CC(=O)O.CC(C)C[C@H](CN)CC(=O)O.O=C(O[C@@H](C(=O)O)[C@@H](OC(=O)c1ccccc1)C(=O)O)c1ccccc1. The Hall–Kier alpha value is -4.82. The molecule has 0 bridgehead atoms. The Kier molecular flexibility index (Phi) is 21.1. The van der Waals surface area contributed by atoms with Gasteiger partial charge in [0.05, 0.1) is 11.1 Å². The number of hydrogen-bond acceptors (Lipinski definition) is 10. The maximum absolute atomic E-state index is 12.0. The largest absolute Gasteiger partial charge is 0.481 e. The van der Waals surface area contributed by atoms with Crippen LogP contribution in [0.25, 0.3) is 0 Å². The molecule has 0 radical (unpaired) electrons. The fourth-order valence-electron chi connectivity index (χ4n) is 4.35. The summed E-state index contributed by atoms with van der Waals surface area (Å²) in [7, 11) is 0. The van der Waals surface area contributed by atoms with Gasteiger partial charge in [0.15, 0.2) is 0 Å². The Labute approximate surface area is 280 Å². The molecule has 8 N–H and O–H groups in total. The van der Waals surface area contributed by atoms with Crippen molar-refractivity contribution in [1.29, 1.82) is 0 Å². The molecule has 14 heteroatoms. The van der Waals surface area contributed by atoms with Gasteiger partial charge in [0, 0.05) is 12.8 Å². The molecule has 0 aliphatic carbocycles. The average Bonchev–Trinajstić information content (AvgIpc) is 3.02. The van der Waals surface area contributed by atoms with E-state index in [1.807, 2.05) is 0 Å². The molecule has 0 saturated heterocycles. The Bertz CT molecular complexity index is 1190. The van der Waals surface area contributed by atoms with E-state index in [-0.39, 0.29) is 35.8 Å². The molecule has 0 aliphatic rings. The van der Waals surface area contributed by atoms with E-state index in [0.29, 0.717) is 24.9 Å². The van der Waals surface area contributed by atoms with E-state index in [1.54, 1.807) is 12.1 Å². The summed E-state index contributed by atoms with van der Waals surface area (Å²) in [6.07, 6.45) is -2.21. The molecule has 266 valence electrons. The van der Waals surface area contributed by atoms with Crippen LogP contribution in [0.1, 0.15) is 74.1 Å². The second kappa shape index (κ2) is 23.5. The minimum Gasteiger partial charge on any atom is -0.481 e. The lowest BCUT2D eigenvalue weighted by molar-refractivity contribution is -0.166. The third-order valence-corrected chi connectivity index (χ3v) is 6.45. The monoisotopic (exact) mass is 676 g/mol. The molecule has 0 aliphatic heterocycles. The number of aliphatic carboxylic acids is 4. The van der Waals surface area contributed by atoms with Crippen LogP contribution in [0, 0.1) is 23.7 Å². The second-order valence-corrected chi connectivity index (χ2v) is 11.7. The zero-order chi connectivity index (χ0) is 36.8. The number of esters is 2. The van der Waals surface area contributed by atoms with Crippen LogP contribution in [0.15, 0.2) is 60.7 Å². The first-order valence-corrected chi connectivity index (χ1v) is 15.3. The van der Waals surface area contributed by atoms with Crippen molar-refractivity contribution < 1.29 is 58.7 Å². The van der Waals surface area contributed by atoms with E-state index in [1.165, 1.54) is 48.5 Å². The molecular formula is C34H48N2O12. The van der Waals surface area contributed by atoms with Crippen molar-refractivity contribution in [1.82, 2.24) is 0 Å². The van der Waals surface area contributed by atoms with Crippen LogP contribution in [0.3, 0.4) is 0 Å². The molecular weight excluding hydrogens is 628 g/mol. The fourth-order valence-corrected chi connectivity index (χ4v) is 4.35. The summed E-state index contributed by atoms with van der Waals surface area (Å²) in [4.78, 5) is 67.4. The minimum absolute atomic E-state index is 0.0253. The molecule has 2 rings (SSSR count). The van der Waals surface area contributed by atoms with E-state index in [4.69, 9.17) is 31.2 Å². The molecule has 0 heterocycles. The number of rotatable bonds is 17. The van der Waals surface area contributed by atoms with Gasteiger partial charge in [0.25, 0.3) is 0 Å². The van der Waals surface area contributed by atoms with Gasteiger partial charge in [0.1, 0.15) is 0 Å². The van der Waals surface area contributed by atoms with Gasteiger partial charge in [-0.15, -0.1) is 0 Å². The summed E-state index contributed by atoms with van der Waals surface area (Å²) in [6, 6.07) is 14.8. The lowest BCUT2D eigenvalue weighted by Gasteiger charge is -2.21. The predicted octanol–water partition coefficient (Wildman–Crippen LogP) is 3.77. The highest BCUT2D eigenvalue weighted by Crippen LogP contribution is 2.15. The minimum atomic E-state index is -2.21. The van der Waals surface area contributed by atoms with Gasteiger partial charge < -0.3 is 41.4 Å². The zero-order valence-electron chi connectivity index (χ0n) is 27.7. The number of carboxylic acids is 4. The Morgan fingerprint density at radius 1 is 0.562 bits per heavy atom. The van der Waals surface area contributed by atoms with Crippen molar-refractivity contribution in [3.63, 3.8) is 0 Å². The summed E-state index contributed by atoms with van der Waals surface area (Å²) in [5.41, 5.74) is 10.9. The standard InChI is InChI=1S/C18H14O8.2C8H17NO2/c19-15(20)13(25-17(23)11-7-3-1-4-8-11)14(16(21)22)26-18(24)12-9-5-2-6-10-12;2*1-6(2)3-7(5-9)4-8(10)11/h1-10,13-14H,(H,19,20)(H,21,22);2*6-7H,3-5,9H2,1-2H3,(H,10,11)/t13-,14-;2*7-/m100/s1. The van der Waals surface area contributed by atoms with Crippen LogP contribution in [0.2, 0.25) is 0 Å². The predicted molar refractivity (Wildman–Crippen MR) is 175 cm³/mol. The summed E-state index contributed by atoms with van der Waals surface area (Å²) < 4.78 is 9.52. The van der Waals surface area contributed by atoms with E-state index in [2.05, 4.69) is 27.7 Å². The smallest absolute Gasteiger partial charge is 0.349 e. The van der Waals surface area contributed by atoms with Gasteiger partial charge in [-0.2, -0.15) is 0 Å². The van der Waals surface area contributed by atoms with Gasteiger partial charge >= 0.3 is 35.8 Å². The molecule has 48 heavy (non-hydrogen) atoms. The first kappa shape index (κ1) is 43.2. The van der Waals surface area contributed by atoms with Gasteiger partial charge in [-0.1, -0.05) is 64.1 Å². The Morgan fingerprint density at radius 3 is 1.06 bits per heavy atom. The maximum Gasteiger partial charge on any atom is 0.349 e. The molecule has 0 spiro atoms. The maximum atomic E-state index is 12.0. The van der Waals surface area contributed by atoms with Crippen LogP contribution in [-0.4, -0.2) is 81.5 Å². The summed E-state index contributed by atoms with van der Waals surface area (Å²) in [6.45, 7) is 9.25. The van der Waals surface area contributed by atoms with Crippen LogP contribution in [0.5, 0.6) is 0 Å². The van der Waals surface area contributed by atoms with Gasteiger partial charge in [0.2, 0.25) is 12.2 Å². The normalized spacial score (nSPS) is 12.9. The van der Waals surface area contributed by atoms with E-state index < -0.39 is 48.0 Å². The van der Waals surface area contributed by atoms with Crippen LogP contribution < -0.4 is 11.5 Å². The van der Waals surface area contributed by atoms with Crippen LogP contribution in [-0.2, 0) is 28.7 Å². The molecule has 0 aromatic heterocycles. The Balaban J connectivity index is 0.000000831. The number of hydrogen-bond donors (Lipinski definition) is 6. The van der Waals surface area contributed by atoms with E-state index in [9.17, 15) is 39.0 Å². The highest BCUT2D eigenvalue weighted by molar-refractivity contribution is 5.95. The lowest BCUT2D eigenvalue weighted by Crippen LogP contribution is -2.45. The van der Waals surface area contributed by atoms with Crippen LogP contribution >= 0.6 is 0 Å². The average molecular weight is 677 g/mol. The topological polar surface area (TPSA) is 254 Å². The number of benzene rings is 2. The lowest BCUT2D eigenvalue weighted by atomic mass is 9.94. The summed E-state index contributed by atoms with van der Waals surface area (Å²) in [5, 5.41) is 35.4. The summed E-state index contributed by atoms with van der Waals surface area (Å²) >= 11 is 0. The summed E-state index contributed by atoms with van der Waals surface area (Å²) in [5.74, 6) is -5.78. The first-order chi connectivity index (χ1) is 22.5. The molecule has 0 amide bonds. The van der Waals surface area contributed by atoms with Crippen molar-refractivity contribution in [2.45, 2.75) is 65.6 Å². The van der Waals surface area contributed by atoms with Crippen molar-refractivity contribution in [3.8, 4) is 0 Å². The number of carbonyl (C=O) groups excluding carboxylic acids is 2. The molecule has 2 aromatic rings. The number of carboxylic acid groups (broad SMARTS) is 4. The second-order valence-electron chi connectivity index (χ2n) is 11.7. The van der Waals surface area contributed by atoms with Crippen molar-refractivity contribution >= 4 is 35.8 Å². The van der Waals surface area contributed by atoms with Crippen molar-refractivity contribution in [3.05, 3.63) is 71.8 Å². The Morgan fingerprint density at radius 2 is 0.854 bits per heavy atom. The van der Waals surface area contributed by atoms with Crippen molar-refractivity contribution in [2.24, 2.45) is 35.1 Å². The van der Waals surface area contributed by atoms with Gasteiger partial charge in [-0.25, -0.2) is 19.2 Å². The van der Waals surface area contributed by atoms with Crippen LogP contribution in [0.4, 0.5) is 0 Å². The number of carbonyl (C=O) groups is 6. The van der Waals surface area contributed by atoms with Gasteiger partial charge in [-0.05, 0) is 73.9 Å². The quantitative estimate of drug-likeness (QED) is 0.130. The van der Waals surface area contributed by atoms with E-state index in [0.717, 1.165) is 12.8 Å². The first-order valence-electron chi connectivity index (χ1n) is 15.3. The molecule has 14 nitrogen and oxygen atoms in total. The third-order valence-electron chi connectivity index (χ3n) is 6.45. The highest BCUT2D eigenvalue weighted by Gasteiger charge is 2.41. The number of ether oxygens (including phenoxy) is 2. The zero-order valence-corrected chi connectivity index (χ0v) is 27.7. The van der Waals surface area contributed by atoms with Crippen molar-refractivity contribution in [2.75, 3.05) is 13.1 Å². The molecule has 2 aromatic carbocycles. The van der Waals surface area contributed by atoms with Gasteiger partial charge in [-0.3, -0.25) is 9.59 Å². The highest BCUT2D eigenvalue weighted by atomic mass is 16.6. The molecule has 0 fully saturated rings.